The maximum Gasteiger partial charge on any atom is 0.315 e. The minimum absolute atomic E-state index is 0.0866. The number of carbonyl (C=O) groups excluding carboxylic acids is 2. The molecule has 1 fully saturated rings. The molecule has 0 aromatic heterocycles. The molecule has 0 aromatic carbocycles. The molecule has 1 aliphatic rings. The van der Waals surface area contributed by atoms with Gasteiger partial charge >= 0.3 is 6.03 Å². The molecule has 0 aliphatic carbocycles. The van der Waals surface area contributed by atoms with E-state index in [0.29, 0.717) is 13.2 Å². The Balaban J connectivity index is 2.06. The van der Waals surface area contributed by atoms with Gasteiger partial charge in [0, 0.05) is 19.6 Å². The lowest BCUT2D eigenvalue weighted by Gasteiger charge is -2.10. The van der Waals surface area contributed by atoms with Crippen molar-refractivity contribution in [3.05, 3.63) is 0 Å². The number of carbonyl (C=O) groups is 2. The van der Waals surface area contributed by atoms with E-state index in [-0.39, 0.29) is 25.0 Å². The van der Waals surface area contributed by atoms with Gasteiger partial charge in [-0.1, -0.05) is 0 Å². The molecule has 1 saturated heterocycles. The summed E-state index contributed by atoms with van der Waals surface area (Å²) in [5.74, 6) is -0.422. The standard InChI is InChI=1S/C8H15N3O3/c9-7(12)1-3-10-8(13)11-6-2-4-14-5-6/h6H,1-5H2,(H2,9,12)(H2,10,11,13). The summed E-state index contributed by atoms with van der Waals surface area (Å²) < 4.78 is 5.08. The Labute approximate surface area is 82.2 Å². The molecule has 1 atom stereocenters. The topological polar surface area (TPSA) is 93.5 Å². The zero-order valence-corrected chi connectivity index (χ0v) is 7.91. The normalized spacial score (nSPS) is 20.4. The second kappa shape index (κ2) is 5.43. The van der Waals surface area contributed by atoms with Gasteiger partial charge in [0.2, 0.25) is 5.91 Å². The molecule has 0 radical (unpaired) electrons. The number of hydrogen-bond acceptors (Lipinski definition) is 3. The van der Waals surface area contributed by atoms with E-state index in [0.717, 1.165) is 6.42 Å². The fourth-order valence-electron chi connectivity index (χ4n) is 1.18. The Morgan fingerprint density at radius 1 is 1.50 bits per heavy atom. The summed E-state index contributed by atoms with van der Waals surface area (Å²) in [5.41, 5.74) is 4.91. The summed E-state index contributed by atoms with van der Waals surface area (Å²) >= 11 is 0. The Hall–Kier alpha value is -1.30. The number of amides is 3. The lowest BCUT2D eigenvalue weighted by atomic mass is 10.3. The van der Waals surface area contributed by atoms with Gasteiger partial charge in [-0.25, -0.2) is 4.79 Å². The smallest absolute Gasteiger partial charge is 0.315 e. The van der Waals surface area contributed by atoms with Gasteiger partial charge in [-0.3, -0.25) is 4.79 Å². The highest BCUT2D eigenvalue weighted by molar-refractivity contribution is 5.77. The summed E-state index contributed by atoms with van der Waals surface area (Å²) in [4.78, 5) is 21.5. The minimum atomic E-state index is -0.422. The van der Waals surface area contributed by atoms with E-state index in [2.05, 4.69) is 10.6 Å². The second-order valence-electron chi connectivity index (χ2n) is 3.18. The van der Waals surface area contributed by atoms with Crippen LogP contribution in [0.5, 0.6) is 0 Å². The zero-order valence-electron chi connectivity index (χ0n) is 7.91. The van der Waals surface area contributed by atoms with Gasteiger partial charge in [0.05, 0.1) is 12.6 Å². The molecule has 1 heterocycles. The Bertz CT molecular complexity index is 214. The van der Waals surface area contributed by atoms with Crippen molar-refractivity contribution in [1.29, 1.82) is 0 Å². The molecule has 80 valence electrons. The molecule has 0 bridgehead atoms. The highest BCUT2D eigenvalue weighted by Crippen LogP contribution is 2.02. The molecule has 1 rings (SSSR count). The first-order chi connectivity index (χ1) is 6.68. The maximum absolute atomic E-state index is 11.2. The monoisotopic (exact) mass is 201 g/mol. The van der Waals surface area contributed by atoms with Gasteiger partial charge in [-0.05, 0) is 6.42 Å². The number of ether oxygens (including phenoxy) is 1. The third kappa shape index (κ3) is 4.08. The van der Waals surface area contributed by atoms with Crippen LogP contribution in [0.25, 0.3) is 0 Å². The molecule has 3 amide bonds. The Morgan fingerprint density at radius 3 is 2.86 bits per heavy atom. The first kappa shape index (κ1) is 10.8. The quantitative estimate of drug-likeness (QED) is 0.541. The zero-order chi connectivity index (χ0) is 10.4. The molecule has 14 heavy (non-hydrogen) atoms. The van der Waals surface area contributed by atoms with E-state index < -0.39 is 5.91 Å². The van der Waals surface area contributed by atoms with Crippen LogP contribution in [0.15, 0.2) is 0 Å². The van der Waals surface area contributed by atoms with Gasteiger partial charge in [0.1, 0.15) is 0 Å². The fourth-order valence-corrected chi connectivity index (χ4v) is 1.18. The summed E-state index contributed by atoms with van der Waals surface area (Å²) in [6, 6.07) is -0.190. The lowest BCUT2D eigenvalue weighted by molar-refractivity contribution is -0.117. The molecule has 4 N–H and O–H groups in total. The van der Waals surface area contributed by atoms with Gasteiger partial charge in [0.25, 0.3) is 0 Å². The molecule has 6 heteroatoms. The van der Waals surface area contributed by atoms with Crippen molar-refractivity contribution >= 4 is 11.9 Å². The van der Waals surface area contributed by atoms with Gasteiger partial charge < -0.3 is 21.1 Å². The minimum Gasteiger partial charge on any atom is -0.379 e. The van der Waals surface area contributed by atoms with E-state index in [1.54, 1.807) is 0 Å². The van der Waals surface area contributed by atoms with E-state index in [4.69, 9.17) is 10.5 Å². The largest absolute Gasteiger partial charge is 0.379 e. The third-order valence-corrected chi connectivity index (χ3v) is 1.92. The highest BCUT2D eigenvalue weighted by atomic mass is 16.5. The fraction of sp³-hybridized carbons (Fsp3) is 0.750. The van der Waals surface area contributed by atoms with Crippen molar-refractivity contribution in [2.45, 2.75) is 18.9 Å². The molecular formula is C8H15N3O3. The Morgan fingerprint density at radius 2 is 2.29 bits per heavy atom. The third-order valence-electron chi connectivity index (χ3n) is 1.92. The van der Waals surface area contributed by atoms with E-state index >= 15 is 0 Å². The molecule has 6 nitrogen and oxygen atoms in total. The van der Waals surface area contributed by atoms with Crippen molar-refractivity contribution in [2.75, 3.05) is 19.8 Å². The molecule has 0 saturated carbocycles. The van der Waals surface area contributed by atoms with Crippen LogP contribution in [0.1, 0.15) is 12.8 Å². The number of urea groups is 1. The number of hydrogen-bond donors (Lipinski definition) is 3. The van der Waals surface area contributed by atoms with E-state index in [1.165, 1.54) is 0 Å². The van der Waals surface area contributed by atoms with E-state index in [9.17, 15) is 9.59 Å². The lowest BCUT2D eigenvalue weighted by Crippen LogP contribution is -2.43. The molecular weight excluding hydrogens is 186 g/mol. The number of primary amides is 1. The van der Waals surface area contributed by atoms with Gasteiger partial charge in [-0.15, -0.1) is 0 Å². The maximum atomic E-state index is 11.2. The summed E-state index contributed by atoms with van der Waals surface area (Å²) in [6.07, 6.45) is 0.998. The average Bonchev–Trinajstić information content (AvgIpc) is 2.56. The van der Waals surface area contributed by atoms with Crippen LogP contribution in [0.2, 0.25) is 0 Å². The van der Waals surface area contributed by atoms with Crippen molar-refractivity contribution < 1.29 is 14.3 Å². The van der Waals surface area contributed by atoms with Crippen LogP contribution >= 0.6 is 0 Å². The van der Waals surface area contributed by atoms with Crippen LogP contribution in [0, 0.1) is 0 Å². The van der Waals surface area contributed by atoms with Crippen LogP contribution in [-0.4, -0.2) is 37.7 Å². The summed E-state index contributed by atoms with van der Waals surface area (Å²) in [7, 11) is 0. The van der Waals surface area contributed by atoms with Crippen molar-refractivity contribution in [3.63, 3.8) is 0 Å². The van der Waals surface area contributed by atoms with Gasteiger partial charge in [-0.2, -0.15) is 0 Å². The predicted octanol–water partition coefficient (Wildman–Crippen LogP) is -1.05. The Kier molecular flexibility index (Phi) is 4.18. The van der Waals surface area contributed by atoms with Crippen LogP contribution < -0.4 is 16.4 Å². The number of nitrogens with two attached hydrogens (primary N) is 1. The van der Waals surface area contributed by atoms with Crippen molar-refractivity contribution in [2.24, 2.45) is 5.73 Å². The molecule has 1 unspecified atom stereocenters. The average molecular weight is 201 g/mol. The van der Waals surface area contributed by atoms with Crippen molar-refractivity contribution in [1.82, 2.24) is 10.6 Å². The predicted molar refractivity (Wildman–Crippen MR) is 49.6 cm³/mol. The van der Waals surface area contributed by atoms with Crippen LogP contribution in [-0.2, 0) is 9.53 Å². The molecule has 0 aromatic rings. The second-order valence-corrected chi connectivity index (χ2v) is 3.18. The summed E-state index contributed by atoms with van der Waals surface area (Å²) in [6.45, 7) is 1.52. The number of rotatable bonds is 4. The number of nitrogens with one attached hydrogen (secondary N) is 2. The summed E-state index contributed by atoms with van der Waals surface area (Å²) in [5, 5.41) is 5.26. The van der Waals surface area contributed by atoms with Gasteiger partial charge in [0.15, 0.2) is 0 Å². The SMILES string of the molecule is NC(=O)CCNC(=O)NC1CCOC1. The van der Waals surface area contributed by atoms with E-state index in [1.807, 2.05) is 0 Å². The first-order valence-electron chi connectivity index (χ1n) is 4.59. The van der Waals surface area contributed by atoms with Crippen molar-refractivity contribution in [3.8, 4) is 0 Å². The molecule has 1 aliphatic heterocycles. The van der Waals surface area contributed by atoms with Crippen LogP contribution in [0.4, 0.5) is 4.79 Å². The van der Waals surface area contributed by atoms with Crippen LogP contribution in [0.3, 0.4) is 0 Å². The highest BCUT2D eigenvalue weighted by Gasteiger charge is 2.17. The molecule has 0 spiro atoms. The first-order valence-corrected chi connectivity index (χ1v) is 4.59.